The second-order valence-electron chi connectivity index (χ2n) is 7.64. The van der Waals surface area contributed by atoms with Crippen LogP contribution in [0, 0.1) is 11.3 Å². The molecule has 26 heavy (non-hydrogen) atoms. The molecule has 142 valence electrons. The molecule has 1 saturated carbocycles. The summed E-state index contributed by atoms with van der Waals surface area (Å²) in [4.78, 5) is 27.4. The zero-order valence-corrected chi connectivity index (χ0v) is 16.1. The Morgan fingerprint density at radius 1 is 1.15 bits per heavy atom. The van der Waals surface area contributed by atoms with Crippen LogP contribution in [0.2, 0.25) is 0 Å². The number of ether oxygens (including phenoxy) is 2. The quantitative estimate of drug-likeness (QED) is 0.789. The van der Waals surface area contributed by atoms with Crippen LogP contribution in [0.1, 0.15) is 37.8 Å². The molecule has 0 saturated heterocycles. The SMILES string of the molecule is COc1cc2c(cc1OC)CN(C(=O)C1(C(=O)NCC(C)C)CC1)CC2. The van der Waals surface area contributed by atoms with Gasteiger partial charge in [0.1, 0.15) is 5.41 Å². The van der Waals surface area contributed by atoms with Crippen LogP contribution < -0.4 is 14.8 Å². The first kappa shape index (κ1) is 18.5. The Bertz CT molecular complexity index is 710. The molecule has 0 radical (unpaired) electrons. The molecular formula is C20H28N2O4. The summed E-state index contributed by atoms with van der Waals surface area (Å²) in [6.45, 7) is 5.83. The zero-order valence-electron chi connectivity index (χ0n) is 16.1. The lowest BCUT2D eigenvalue weighted by atomic mass is 9.96. The van der Waals surface area contributed by atoms with Crippen LogP contribution in [0.4, 0.5) is 0 Å². The molecule has 0 unspecified atom stereocenters. The first-order valence-electron chi connectivity index (χ1n) is 9.22. The lowest BCUT2D eigenvalue weighted by molar-refractivity contribution is -0.145. The van der Waals surface area contributed by atoms with Gasteiger partial charge in [-0.05, 0) is 48.4 Å². The van der Waals surface area contributed by atoms with Gasteiger partial charge in [0.05, 0.1) is 14.2 Å². The minimum Gasteiger partial charge on any atom is -0.493 e. The number of hydrogen-bond acceptors (Lipinski definition) is 4. The second kappa shape index (κ2) is 7.17. The van der Waals surface area contributed by atoms with Gasteiger partial charge in [-0.2, -0.15) is 0 Å². The summed E-state index contributed by atoms with van der Waals surface area (Å²) in [5.41, 5.74) is 1.38. The first-order chi connectivity index (χ1) is 12.4. The number of nitrogens with one attached hydrogen (secondary N) is 1. The molecule has 6 nitrogen and oxygen atoms in total. The molecule has 1 aliphatic carbocycles. The first-order valence-corrected chi connectivity index (χ1v) is 9.22. The highest BCUT2D eigenvalue weighted by atomic mass is 16.5. The molecule has 6 heteroatoms. The molecule has 1 fully saturated rings. The van der Waals surface area contributed by atoms with Crippen molar-refractivity contribution in [2.24, 2.45) is 11.3 Å². The van der Waals surface area contributed by atoms with E-state index in [1.165, 1.54) is 5.56 Å². The molecule has 1 heterocycles. The Balaban J connectivity index is 1.74. The van der Waals surface area contributed by atoms with Crippen molar-refractivity contribution in [3.05, 3.63) is 23.3 Å². The molecule has 0 bridgehead atoms. The van der Waals surface area contributed by atoms with Crippen LogP contribution in [0.25, 0.3) is 0 Å². The molecule has 1 aliphatic heterocycles. The number of amides is 2. The summed E-state index contributed by atoms with van der Waals surface area (Å²) in [7, 11) is 3.23. The van der Waals surface area contributed by atoms with Gasteiger partial charge in [-0.15, -0.1) is 0 Å². The van der Waals surface area contributed by atoms with Crippen molar-refractivity contribution in [2.75, 3.05) is 27.3 Å². The van der Waals surface area contributed by atoms with Crippen molar-refractivity contribution in [1.82, 2.24) is 10.2 Å². The Morgan fingerprint density at radius 2 is 1.77 bits per heavy atom. The molecule has 1 aromatic rings. The van der Waals surface area contributed by atoms with E-state index in [2.05, 4.69) is 5.32 Å². The van der Waals surface area contributed by atoms with Gasteiger partial charge in [0.25, 0.3) is 0 Å². The number of methoxy groups -OCH3 is 2. The van der Waals surface area contributed by atoms with E-state index in [9.17, 15) is 9.59 Å². The molecule has 2 aliphatic rings. The van der Waals surface area contributed by atoms with Crippen LogP contribution in [0.5, 0.6) is 11.5 Å². The van der Waals surface area contributed by atoms with E-state index in [1.54, 1.807) is 14.2 Å². The standard InChI is InChI=1S/C20H28N2O4/c1-13(2)11-21-18(23)20(6-7-20)19(24)22-8-5-14-9-16(25-3)17(26-4)10-15(14)12-22/h9-10,13H,5-8,11-12H2,1-4H3,(H,21,23). The van der Waals surface area contributed by atoms with E-state index in [1.807, 2.05) is 30.9 Å². The van der Waals surface area contributed by atoms with Crippen molar-refractivity contribution in [3.63, 3.8) is 0 Å². The lowest BCUT2D eigenvalue weighted by Crippen LogP contribution is -2.47. The maximum atomic E-state index is 13.1. The monoisotopic (exact) mass is 360 g/mol. The van der Waals surface area contributed by atoms with E-state index in [4.69, 9.17) is 9.47 Å². The lowest BCUT2D eigenvalue weighted by Gasteiger charge is -2.32. The third kappa shape index (κ3) is 3.37. The topological polar surface area (TPSA) is 67.9 Å². The summed E-state index contributed by atoms with van der Waals surface area (Å²) >= 11 is 0. The van der Waals surface area contributed by atoms with E-state index in [-0.39, 0.29) is 11.8 Å². The minimum atomic E-state index is -0.844. The normalized spacial score (nSPS) is 17.5. The van der Waals surface area contributed by atoms with Gasteiger partial charge in [-0.25, -0.2) is 0 Å². The summed E-state index contributed by atoms with van der Waals surface area (Å²) in [6, 6.07) is 3.92. The summed E-state index contributed by atoms with van der Waals surface area (Å²) in [5.74, 6) is 1.58. The number of hydrogen-bond donors (Lipinski definition) is 1. The molecule has 0 atom stereocenters. The largest absolute Gasteiger partial charge is 0.493 e. The van der Waals surface area contributed by atoms with E-state index >= 15 is 0 Å². The third-order valence-corrected chi connectivity index (χ3v) is 5.27. The third-order valence-electron chi connectivity index (χ3n) is 5.27. The summed E-state index contributed by atoms with van der Waals surface area (Å²) in [5, 5.41) is 2.93. The van der Waals surface area contributed by atoms with Gasteiger partial charge in [-0.1, -0.05) is 13.8 Å². The maximum absolute atomic E-state index is 13.1. The molecular weight excluding hydrogens is 332 g/mol. The summed E-state index contributed by atoms with van der Waals surface area (Å²) < 4.78 is 10.7. The van der Waals surface area contributed by atoms with Crippen molar-refractivity contribution in [2.45, 2.75) is 39.7 Å². The second-order valence-corrected chi connectivity index (χ2v) is 7.64. The van der Waals surface area contributed by atoms with Crippen molar-refractivity contribution in [1.29, 1.82) is 0 Å². The summed E-state index contributed by atoms with van der Waals surface area (Å²) in [6.07, 6.45) is 2.04. The maximum Gasteiger partial charge on any atom is 0.238 e. The Labute approximate surface area is 154 Å². The van der Waals surface area contributed by atoms with Crippen molar-refractivity contribution < 1.29 is 19.1 Å². The van der Waals surface area contributed by atoms with Crippen molar-refractivity contribution in [3.8, 4) is 11.5 Å². The predicted octanol–water partition coefficient (Wildman–Crippen LogP) is 2.14. The highest BCUT2D eigenvalue weighted by molar-refractivity contribution is 6.07. The number of benzene rings is 1. The van der Waals surface area contributed by atoms with Crippen LogP contribution in [-0.4, -0.2) is 44.0 Å². The zero-order chi connectivity index (χ0) is 18.9. The van der Waals surface area contributed by atoms with Gasteiger partial charge in [0.15, 0.2) is 11.5 Å². The molecule has 3 rings (SSSR count). The Hall–Kier alpha value is -2.24. The number of fused-ring (bicyclic) bond motifs is 1. The van der Waals surface area contributed by atoms with Gasteiger partial charge in [0.2, 0.25) is 11.8 Å². The van der Waals surface area contributed by atoms with E-state index in [0.717, 1.165) is 12.0 Å². The van der Waals surface area contributed by atoms with Crippen molar-refractivity contribution >= 4 is 11.8 Å². The predicted molar refractivity (Wildman–Crippen MR) is 98.2 cm³/mol. The number of rotatable bonds is 6. The highest BCUT2D eigenvalue weighted by Gasteiger charge is 2.58. The fraction of sp³-hybridized carbons (Fsp3) is 0.600. The van der Waals surface area contributed by atoms with Crippen LogP contribution in [0.15, 0.2) is 12.1 Å². The molecule has 0 spiro atoms. The molecule has 2 amide bonds. The van der Waals surface area contributed by atoms with Crippen LogP contribution >= 0.6 is 0 Å². The number of carbonyl (C=O) groups excluding carboxylic acids is 2. The van der Waals surface area contributed by atoms with Gasteiger partial charge in [0, 0.05) is 19.6 Å². The number of carbonyl (C=O) groups is 2. The molecule has 1 aromatic carbocycles. The minimum absolute atomic E-state index is 0.0424. The average molecular weight is 360 g/mol. The molecule has 0 aromatic heterocycles. The Kier molecular flexibility index (Phi) is 5.12. The number of nitrogens with zero attached hydrogens (tertiary/aromatic N) is 1. The van der Waals surface area contributed by atoms with Gasteiger partial charge >= 0.3 is 0 Å². The fourth-order valence-corrected chi connectivity index (χ4v) is 3.49. The van der Waals surface area contributed by atoms with Gasteiger partial charge < -0.3 is 19.7 Å². The smallest absolute Gasteiger partial charge is 0.238 e. The van der Waals surface area contributed by atoms with Crippen LogP contribution in [-0.2, 0) is 22.6 Å². The van der Waals surface area contributed by atoms with E-state index in [0.29, 0.717) is 49.9 Å². The molecule has 1 N–H and O–H groups in total. The average Bonchev–Trinajstić information content (AvgIpc) is 3.45. The Morgan fingerprint density at radius 3 is 2.31 bits per heavy atom. The fourth-order valence-electron chi connectivity index (χ4n) is 3.49. The van der Waals surface area contributed by atoms with Gasteiger partial charge in [-0.3, -0.25) is 9.59 Å². The van der Waals surface area contributed by atoms with E-state index < -0.39 is 5.41 Å². The van der Waals surface area contributed by atoms with Crippen LogP contribution in [0.3, 0.4) is 0 Å². The highest BCUT2D eigenvalue weighted by Crippen LogP contribution is 2.48.